The van der Waals surface area contributed by atoms with Gasteiger partial charge >= 0.3 is 0 Å². The van der Waals surface area contributed by atoms with E-state index in [0.717, 1.165) is 11.1 Å². The first-order valence-electron chi connectivity index (χ1n) is 6.26. The molecule has 0 unspecified atom stereocenters. The minimum absolute atomic E-state index is 0.327. The number of amides is 2. The molecule has 2 amide bonds. The van der Waals surface area contributed by atoms with Gasteiger partial charge < -0.3 is 0 Å². The molecule has 0 atom stereocenters. The normalized spacial score (nSPS) is 14.0. The Morgan fingerprint density at radius 3 is 2.52 bits per heavy atom. The standard InChI is InChI=1S/C15H11N3O3/c1-18-14(20)10-4-2-3-9-12(17-16-7-8-19)6-5-11(13(9)10)15(18)21/h2-8,17H,1H3/b16-7-. The second-order valence-corrected chi connectivity index (χ2v) is 4.58. The molecular formula is C15H11N3O3. The van der Waals surface area contributed by atoms with Crippen molar-refractivity contribution in [1.82, 2.24) is 4.90 Å². The van der Waals surface area contributed by atoms with Crippen LogP contribution < -0.4 is 5.43 Å². The summed E-state index contributed by atoms with van der Waals surface area (Å²) in [6.07, 6.45) is 1.64. The van der Waals surface area contributed by atoms with Gasteiger partial charge in [-0.05, 0) is 18.2 Å². The summed E-state index contributed by atoms with van der Waals surface area (Å²) < 4.78 is 0. The van der Waals surface area contributed by atoms with E-state index in [-0.39, 0.29) is 11.8 Å². The fourth-order valence-electron chi connectivity index (χ4n) is 2.45. The Hall–Kier alpha value is -3.02. The Bertz CT molecular complexity index is 789. The molecule has 3 rings (SSSR count). The van der Waals surface area contributed by atoms with Crippen molar-refractivity contribution >= 4 is 40.8 Å². The van der Waals surface area contributed by atoms with E-state index in [9.17, 15) is 14.4 Å². The van der Waals surface area contributed by atoms with E-state index in [4.69, 9.17) is 0 Å². The number of hydrazone groups is 1. The second kappa shape index (κ2) is 4.82. The van der Waals surface area contributed by atoms with E-state index in [0.29, 0.717) is 33.9 Å². The van der Waals surface area contributed by atoms with Gasteiger partial charge in [-0.25, -0.2) is 0 Å². The predicted octanol–water partition coefficient (Wildman–Crippen LogP) is 1.66. The van der Waals surface area contributed by atoms with Crippen molar-refractivity contribution in [2.45, 2.75) is 0 Å². The van der Waals surface area contributed by atoms with Crippen LogP contribution in [0.3, 0.4) is 0 Å². The van der Waals surface area contributed by atoms with Crippen molar-refractivity contribution in [1.29, 1.82) is 0 Å². The minimum Gasteiger partial charge on any atom is -0.297 e. The highest BCUT2D eigenvalue weighted by atomic mass is 16.2. The lowest BCUT2D eigenvalue weighted by Gasteiger charge is -2.24. The Kier molecular flexibility index (Phi) is 2.98. The van der Waals surface area contributed by atoms with E-state index < -0.39 is 0 Å². The van der Waals surface area contributed by atoms with E-state index in [1.54, 1.807) is 30.3 Å². The van der Waals surface area contributed by atoms with Crippen LogP contribution in [0.4, 0.5) is 5.69 Å². The summed E-state index contributed by atoms with van der Waals surface area (Å²) in [6, 6.07) is 8.58. The molecule has 2 aromatic carbocycles. The molecule has 0 fully saturated rings. The van der Waals surface area contributed by atoms with Gasteiger partial charge in [0.2, 0.25) is 0 Å². The maximum absolute atomic E-state index is 12.2. The summed E-state index contributed by atoms with van der Waals surface area (Å²) in [5, 5.41) is 5.06. The van der Waals surface area contributed by atoms with Gasteiger partial charge in [-0.15, -0.1) is 0 Å². The monoisotopic (exact) mass is 281 g/mol. The Balaban J connectivity index is 2.27. The van der Waals surface area contributed by atoms with Crippen molar-refractivity contribution in [3.8, 4) is 0 Å². The molecule has 0 saturated heterocycles. The van der Waals surface area contributed by atoms with Crippen LogP contribution in [-0.2, 0) is 4.79 Å². The molecule has 0 aromatic heterocycles. The zero-order valence-corrected chi connectivity index (χ0v) is 11.2. The number of hydrogen-bond acceptors (Lipinski definition) is 5. The summed E-state index contributed by atoms with van der Waals surface area (Å²) in [4.78, 5) is 35.8. The smallest absolute Gasteiger partial charge is 0.261 e. The van der Waals surface area contributed by atoms with Gasteiger partial charge in [0.05, 0.1) is 11.9 Å². The maximum atomic E-state index is 12.2. The maximum Gasteiger partial charge on any atom is 0.261 e. The molecular weight excluding hydrogens is 270 g/mol. The molecule has 21 heavy (non-hydrogen) atoms. The van der Waals surface area contributed by atoms with Crippen LogP contribution in [0.2, 0.25) is 0 Å². The molecule has 6 heteroatoms. The van der Waals surface area contributed by atoms with Gasteiger partial charge in [-0.2, -0.15) is 5.10 Å². The van der Waals surface area contributed by atoms with Crippen LogP contribution in [0, 0.1) is 0 Å². The van der Waals surface area contributed by atoms with Crippen molar-refractivity contribution in [3.05, 3.63) is 41.5 Å². The number of nitrogens with zero attached hydrogens (tertiary/aromatic N) is 2. The third-order valence-electron chi connectivity index (χ3n) is 3.43. The second-order valence-electron chi connectivity index (χ2n) is 4.58. The van der Waals surface area contributed by atoms with Gasteiger partial charge in [0.1, 0.15) is 0 Å². The molecule has 0 radical (unpaired) electrons. The summed E-state index contributed by atoms with van der Waals surface area (Å²) in [5.41, 5.74) is 4.32. The Morgan fingerprint density at radius 2 is 1.81 bits per heavy atom. The van der Waals surface area contributed by atoms with Gasteiger partial charge in [0.15, 0.2) is 6.29 Å². The lowest BCUT2D eigenvalue weighted by molar-refractivity contribution is -0.102. The van der Waals surface area contributed by atoms with E-state index >= 15 is 0 Å². The van der Waals surface area contributed by atoms with Crippen molar-refractivity contribution in [2.24, 2.45) is 5.10 Å². The molecule has 0 aliphatic carbocycles. The Labute approximate surface area is 120 Å². The summed E-state index contributed by atoms with van der Waals surface area (Å²) in [6.45, 7) is 0. The zero-order chi connectivity index (χ0) is 15.0. The van der Waals surface area contributed by atoms with Gasteiger partial charge in [-0.1, -0.05) is 12.1 Å². The van der Waals surface area contributed by atoms with Crippen LogP contribution in [-0.4, -0.2) is 36.3 Å². The molecule has 0 bridgehead atoms. The SMILES string of the molecule is CN1C(=O)c2cccc3c(N/N=C\C=O)ccc(c23)C1=O. The average Bonchev–Trinajstić information content (AvgIpc) is 2.51. The topological polar surface area (TPSA) is 78.8 Å². The predicted molar refractivity (Wildman–Crippen MR) is 78.6 cm³/mol. The van der Waals surface area contributed by atoms with Crippen LogP contribution in [0.25, 0.3) is 10.8 Å². The molecule has 1 aliphatic rings. The molecule has 104 valence electrons. The molecule has 1 aliphatic heterocycles. The molecule has 0 spiro atoms. The highest BCUT2D eigenvalue weighted by Crippen LogP contribution is 2.33. The van der Waals surface area contributed by atoms with Gasteiger partial charge in [-0.3, -0.25) is 24.7 Å². The summed E-state index contributed by atoms with van der Waals surface area (Å²) in [5.74, 6) is -0.654. The number of carbonyl (C=O) groups is 3. The summed E-state index contributed by atoms with van der Waals surface area (Å²) >= 11 is 0. The van der Waals surface area contributed by atoms with Crippen molar-refractivity contribution < 1.29 is 14.4 Å². The van der Waals surface area contributed by atoms with Crippen LogP contribution in [0.15, 0.2) is 35.4 Å². The minimum atomic E-state index is -0.327. The lowest BCUT2D eigenvalue weighted by atomic mass is 9.93. The van der Waals surface area contributed by atoms with E-state index in [1.165, 1.54) is 7.05 Å². The third-order valence-corrected chi connectivity index (χ3v) is 3.43. The number of imide groups is 1. The lowest BCUT2D eigenvalue weighted by Crippen LogP contribution is -2.36. The van der Waals surface area contributed by atoms with Crippen molar-refractivity contribution in [3.63, 3.8) is 0 Å². The molecule has 6 nitrogen and oxygen atoms in total. The fourth-order valence-corrected chi connectivity index (χ4v) is 2.45. The Morgan fingerprint density at radius 1 is 1.10 bits per heavy atom. The quantitative estimate of drug-likeness (QED) is 0.401. The number of benzene rings is 2. The first-order valence-corrected chi connectivity index (χ1v) is 6.26. The number of aldehydes is 1. The molecule has 0 saturated carbocycles. The zero-order valence-electron chi connectivity index (χ0n) is 11.2. The molecule has 1 heterocycles. The third kappa shape index (κ3) is 1.88. The van der Waals surface area contributed by atoms with Gasteiger partial charge in [0.25, 0.3) is 11.8 Å². The van der Waals surface area contributed by atoms with Crippen LogP contribution in [0.1, 0.15) is 20.7 Å². The highest BCUT2D eigenvalue weighted by molar-refractivity contribution is 6.26. The number of anilines is 1. The van der Waals surface area contributed by atoms with E-state index in [2.05, 4.69) is 10.5 Å². The number of rotatable bonds is 3. The molecule has 1 N–H and O–H groups in total. The highest BCUT2D eigenvalue weighted by Gasteiger charge is 2.30. The first-order chi connectivity index (χ1) is 10.1. The first kappa shape index (κ1) is 13.0. The number of nitrogens with one attached hydrogen (secondary N) is 1. The fraction of sp³-hybridized carbons (Fsp3) is 0.0667. The number of carbonyl (C=O) groups excluding carboxylic acids is 3. The number of hydrogen-bond donors (Lipinski definition) is 1. The average molecular weight is 281 g/mol. The largest absolute Gasteiger partial charge is 0.297 e. The summed E-state index contributed by atoms with van der Waals surface area (Å²) in [7, 11) is 1.47. The van der Waals surface area contributed by atoms with Gasteiger partial charge in [0, 0.05) is 28.9 Å². The van der Waals surface area contributed by atoms with Crippen molar-refractivity contribution in [2.75, 3.05) is 12.5 Å². The van der Waals surface area contributed by atoms with E-state index in [1.807, 2.05) is 0 Å². The molecule has 2 aromatic rings. The van der Waals surface area contributed by atoms with Crippen LogP contribution in [0.5, 0.6) is 0 Å². The van der Waals surface area contributed by atoms with Crippen LogP contribution >= 0.6 is 0 Å².